The lowest BCUT2D eigenvalue weighted by Crippen LogP contribution is -2.20. The molecule has 1 aliphatic heterocycles. The highest BCUT2D eigenvalue weighted by Gasteiger charge is 2.21. The summed E-state index contributed by atoms with van der Waals surface area (Å²) in [6.07, 6.45) is 3.53. The largest absolute Gasteiger partial charge is 0.493 e. The molecule has 0 spiro atoms. The molecule has 0 bridgehead atoms. The molecule has 2 aromatic rings. The number of carbonyl (C=O) groups is 2. The van der Waals surface area contributed by atoms with Gasteiger partial charge in [-0.15, -0.1) is 0 Å². The predicted molar refractivity (Wildman–Crippen MR) is 106 cm³/mol. The molecule has 0 fully saturated rings. The first-order chi connectivity index (χ1) is 14.4. The molecule has 1 amide bonds. The summed E-state index contributed by atoms with van der Waals surface area (Å²) in [6, 6.07) is 6.40. The van der Waals surface area contributed by atoms with Crippen LogP contribution in [0.15, 0.2) is 36.4 Å². The molecule has 1 atom stereocenters. The fourth-order valence-corrected chi connectivity index (χ4v) is 2.99. The van der Waals surface area contributed by atoms with E-state index < -0.39 is 30.1 Å². The van der Waals surface area contributed by atoms with E-state index >= 15 is 0 Å². The maximum atomic E-state index is 13.5. The monoisotopic (exact) mass is 417 g/mol. The van der Waals surface area contributed by atoms with Crippen molar-refractivity contribution in [3.63, 3.8) is 0 Å². The van der Waals surface area contributed by atoms with Gasteiger partial charge in [0.15, 0.2) is 6.61 Å². The number of amides is 1. The van der Waals surface area contributed by atoms with Gasteiger partial charge in [0.2, 0.25) is 0 Å². The lowest BCUT2D eigenvalue weighted by atomic mass is 10.1. The average molecular weight is 417 g/mol. The molecule has 0 aliphatic carbocycles. The number of anilines is 1. The van der Waals surface area contributed by atoms with Gasteiger partial charge in [-0.05, 0) is 44.2 Å². The van der Waals surface area contributed by atoms with E-state index in [1.54, 1.807) is 6.07 Å². The molecule has 3 rings (SSSR count). The van der Waals surface area contributed by atoms with E-state index in [0.717, 1.165) is 35.9 Å². The van der Waals surface area contributed by atoms with Gasteiger partial charge in [-0.25, -0.2) is 13.6 Å². The van der Waals surface area contributed by atoms with Gasteiger partial charge in [0.1, 0.15) is 29.2 Å². The van der Waals surface area contributed by atoms with Crippen LogP contribution < -0.4 is 14.8 Å². The Kier molecular flexibility index (Phi) is 6.66. The highest BCUT2D eigenvalue weighted by molar-refractivity contribution is 5.94. The smallest absolute Gasteiger partial charge is 0.331 e. The number of fused-ring (bicyclic) bond motifs is 1. The Balaban J connectivity index is 1.59. The molecule has 2 aromatic carbocycles. The van der Waals surface area contributed by atoms with E-state index in [1.807, 2.05) is 19.9 Å². The Morgan fingerprint density at radius 3 is 2.80 bits per heavy atom. The Bertz CT molecular complexity index is 990. The number of benzene rings is 2. The van der Waals surface area contributed by atoms with Crippen molar-refractivity contribution in [3.05, 3.63) is 59.2 Å². The molecule has 0 unspecified atom stereocenters. The summed E-state index contributed by atoms with van der Waals surface area (Å²) in [4.78, 5) is 23.8. The van der Waals surface area contributed by atoms with Crippen LogP contribution in [-0.4, -0.2) is 31.2 Å². The van der Waals surface area contributed by atoms with E-state index in [4.69, 9.17) is 14.2 Å². The maximum absolute atomic E-state index is 13.5. The van der Waals surface area contributed by atoms with Crippen LogP contribution in [0.5, 0.6) is 11.5 Å². The quantitative estimate of drug-likeness (QED) is 0.547. The number of halogens is 2. The van der Waals surface area contributed by atoms with Crippen LogP contribution in [0.3, 0.4) is 0 Å². The Morgan fingerprint density at radius 2 is 2.07 bits per heavy atom. The summed E-state index contributed by atoms with van der Waals surface area (Å²) in [5, 5.41) is 2.21. The molecule has 1 N–H and O–H groups in total. The van der Waals surface area contributed by atoms with Gasteiger partial charge >= 0.3 is 5.97 Å². The molecular weight excluding hydrogens is 396 g/mol. The molecule has 6 nitrogen and oxygen atoms in total. The molecular formula is C22H21F2NO5. The Morgan fingerprint density at radius 1 is 1.27 bits per heavy atom. The topological polar surface area (TPSA) is 73.9 Å². The van der Waals surface area contributed by atoms with Crippen LogP contribution >= 0.6 is 0 Å². The van der Waals surface area contributed by atoms with Gasteiger partial charge in [-0.3, -0.25) is 4.79 Å². The van der Waals surface area contributed by atoms with Gasteiger partial charge in [0, 0.05) is 29.7 Å². The first-order valence-corrected chi connectivity index (χ1v) is 9.41. The van der Waals surface area contributed by atoms with E-state index in [1.165, 1.54) is 6.08 Å². The molecule has 0 radical (unpaired) electrons. The number of nitrogens with one attached hydrogen (secondary N) is 1. The van der Waals surface area contributed by atoms with Crippen LogP contribution in [0.25, 0.3) is 6.08 Å². The van der Waals surface area contributed by atoms with E-state index in [9.17, 15) is 18.4 Å². The molecule has 0 aromatic heterocycles. The second-order valence-corrected chi connectivity index (χ2v) is 6.68. The number of hydrogen-bond donors (Lipinski definition) is 1. The number of carbonyl (C=O) groups excluding carboxylic acids is 2. The van der Waals surface area contributed by atoms with Crippen molar-refractivity contribution in [2.45, 2.75) is 26.4 Å². The van der Waals surface area contributed by atoms with Gasteiger partial charge < -0.3 is 19.5 Å². The van der Waals surface area contributed by atoms with E-state index in [-0.39, 0.29) is 11.8 Å². The molecule has 158 valence electrons. The first kappa shape index (κ1) is 21.3. The van der Waals surface area contributed by atoms with Crippen molar-refractivity contribution in [2.75, 3.05) is 18.5 Å². The van der Waals surface area contributed by atoms with Crippen molar-refractivity contribution < 1.29 is 32.6 Å². The summed E-state index contributed by atoms with van der Waals surface area (Å²) >= 11 is 0. The molecule has 1 heterocycles. The minimum atomic E-state index is -0.925. The SMILES string of the molecule is CCOc1cc2c(cc1/C=C/C(=O)OCC(=O)Nc1ccc(F)cc1F)O[C@@H](C)C2. The highest BCUT2D eigenvalue weighted by atomic mass is 19.1. The van der Waals surface area contributed by atoms with Gasteiger partial charge in [0.25, 0.3) is 5.91 Å². The van der Waals surface area contributed by atoms with Crippen LogP contribution in [0, 0.1) is 11.6 Å². The van der Waals surface area contributed by atoms with Crippen molar-refractivity contribution in [2.24, 2.45) is 0 Å². The third-order valence-electron chi connectivity index (χ3n) is 4.28. The number of esters is 1. The minimum absolute atomic E-state index is 0.0723. The fraction of sp³-hybridized carbons (Fsp3) is 0.273. The van der Waals surface area contributed by atoms with Crippen LogP contribution in [0.1, 0.15) is 25.0 Å². The zero-order chi connectivity index (χ0) is 21.7. The summed E-state index contributed by atoms with van der Waals surface area (Å²) < 4.78 is 42.6. The number of hydrogen-bond acceptors (Lipinski definition) is 5. The van der Waals surface area contributed by atoms with Crippen molar-refractivity contribution in [1.82, 2.24) is 0 Å². The third kappa shape index (κ3) is 5.34. The van der Waals surface area contributed by atoms with E-state index in [2.05, 4.69) is 5.32 Å². The fourth-order valence-electron chi connectivity index (χ4n) is 2.99. The third-order valence-corrected chi connectivity index (χ3v) is 4.28. The summed E-state index contributed by atoms with van der Waals surface area (Å²) in [7, 11) is 0. The lowest BCUT2D eigenvalue weighted by Gasteiger charge is -2.10. The van der Waals surface area contributed by atoms with Gasteiger partial charge in [-0.2, -0.15) is 0 Å². The number of rotatable bonds is 7. The first-order valence-electron chi connectivity index (χ1n) is 9.41. The zero-order valence-electron chi connectivity index (χ0n) is 16.5. The summed E-state index contributed by atoms with van der Waals surface area (Å²) in [5.41, 5.74) is 1.47. The number of ether oxygens (including phenoxy) is 3. The molecule has 0 saturated carbocycles. The molecule has 1 aliphatic rings. The molecule has 0 saturated heterocycles. The Hall–Kier alpha value is -3.42. The maximum Gasteiger partial charge on any atom is 0.331 e. The van der Waals surface area contributed by atoms with Crippen LogP contribution in [0.2, 0.25) is 0 Å². The van der Waals surface area contributed by atoms with Crippen LogP contribution in [0.4, 0.5) is 14.5 Å². The average Bonchev–Trinajstić information content (AvgIpc) is 3.05. The molecule has 30 heavy (non-hydrogen) atoms. The summed E-state index contributed by atoms with van der Waals surface area (Å²) in [6.45, 7) is 3.66. The second-order valence-electron chi connectivity index (χ2n) is 6.68. The minimum Gasteiger partial charge on any atom is -0.493 e. The second kappa shape index (κ2) is 9.39. The molecule has 8 heteroatoms. The van der Waals surface area contributed by atoms with Crippen molar-refractivity contribution >= 4 is 23.6 Å². The summed E-state index contributed by atoms with van der Waals surface area (Å²) in [5.74, 6) is -1.85. The zero-order valence-corrected chi connectivity index (χ0v) is 16.5. The van der Waals surface area contributed by atoms with Crippen molar-refractivity contribution in [3.8, 4) is 11.5 Å². The van der Waals surface area contributed by atoms with Gasteiger partial charge in [-0.1, -0.05) is 0 Å². The van der Waals surface area contributed by atoms with Gasteiger partial charge in [0.05, 0.1) is 12.3 Å². The predicted octanol–water partition coefficient (Wildman–Crippen LogP) is 3.88. The lowest BCUT2D eigenvalue weighted by molar-refractivity contribution is -0.142. The Labute approximate surface area is 172 Å². The van der Waals surface area contributed by atoms with E-state index in [0.29, 0.717) is 24.0 Å². The highest BCUT2D eigenvalue weighted by Crippen LogP contribution is 2.35. The van der Waals surface area contributed by atoms with Crippen LogP contribution in [-0.2, 0) is 20.7 Å². The van der Waals surface area contributed by atoms with Crippen molar-refractivity contribution in [1.29, 1.82) is 0 Å². The normalized spacial score (nSPS) is 14.9. The standard InChI is InChI=1S/C22H21F2NO5/c1-3-28-19-10-15-8-13(2)30-20(15)9-14(19)4-7-22(27)29-12-21(26)25-18-6-5-16(23)11-17(18)24/h4-7,9-11,13H,3,8,12H2,1-2H3,(H,25,26)/b7-4+/t13-/m0/s1.